The van der Waals surface area contributed by atoms with Crippen LogP contribution in [0.15, 0.2) is 35.2 Å². The molecule has 0 radical (unpaired) electrons. The average molecular weight is 351 g/mol. The molecule has 5 heteroatoms. The molecule has 24 heavy (non-hydrogen) atoms. The van der Waals surface area contributed by atoms with E-state index in [0.717, 1.165) is 51.4 Å². The second kappa shape index (κ2) is 10.7. The third-order valence-electron chi connectivity index (χ3n) is 4.56. The second-order valence-electron chi connectivity index (χ2n) is 6.20. The molecule has 1 fully saturated rings. The summed E-state index contributed by atoms with van der Waals surface area (Å²) in [6.07, 6.45) is 2.69. The van der Waals surface area contributed by atoms with Crippen molar-refractivity contribution in [2.24, 2.45) is 0 Å². The summed E-state index contributed by atoms with van der Waals surface area (Å²) in [7, 11) is 1.74. The van der Waals surface area contributed by atoms with Crippen LogP contribution in [0.3, 0.4) is 0 Å². The summed E-state index contributed by atoms with van der Waals surface area (Å²) < 4.78 is 5.19. The number of carbonyl (C=O) groups is 1. The quantitative estimate of drug-likeness (QED) is 0.506. The smallest absolute Gasteiger partial charge is 0.222 e. The predicted octanol–water partition coefficient (Wildman–Crippen LogP) is 3.13. The number of thioether (sulfide) groups is 1. The molecule has 1 aromatic carbocycles. The Bertz CT molecular complexity index is 484. The fraction of sp³-hybridized carbons (Fsp3) is 0.632. The van der Waals surface area contributed by atoms with E-state index in [-0.39, 0.29) is 0 Å². The number of piperazine rings is 1. The molecule has 1 heterocycles. The minimum absolute atomic E-state index is 0.313. The van der Waals surface area contributed by atoms with Crippen LogP contribution in [0.1, 0.15) is 26.2 Å². The number of nitrogens with zero attached hydrogens (tertiary/aromatic N) is 2. The minimum Gasteiger partial charge on any atom is -0.383 e. The van der Waals surface area contributed by atoms with Gasteiger partial charge in [0.25, 0.3) is 0 Å². The van der Waals surface area contributed by atoms with Gasteiger partial charge in [0.05, 0.1) is 6.61 Å². The van der Waals surface area contributed by atoms with E-state index in [4.69, 9.17) is 4.74 Å². The van der Waals surface area contributed by atoms with E-state index < -0.39 is 0 Å². The summed E-state index contributed by atoms with van der Waals surface area (Å²) in [6.45, 7) is 6.61. The van der Waals surface area contributed by atoms with Gasteiger partial charge in [0.15, 0.2) is 0 Å². The molecule has 134 valence electrons. The van der Waals surface area contributed by atoms with Gasteiger partial charge in [-0.2, -0.15) is 0 Å². The molecule has 2 rings (SSSR count). The van der Waals surface area contributed by atoms with Gasteiger partial charge in [0.1, 0.15) is 0 Å². The van der Waals surface area contributed by atoms with Crippen molar-refractivity contribution in [2.45, 2.75) is 37.1 Å². The maximum absolute atomic E-state index is 12.5. The van der Waals surface area contributed by atoms with Gasteiger partial charge in [0, 0.05) is 50.6 Å². The lowest BCUT2D eigenvalue weighted by Crippen LogP contribution is -2.55. The molecule has 0 bridgehead atoms. The molecular weight excluding hydrogens is 320 g/mol. The van der Waals surface area contributed by atoms with E-state index >= 15 is 0 Å². The molecule has 4 nitrogen and oxygen atoms in total. The highest BCUT2D eigenvalue weighted by molar-refractivity contribution is 7.99. The van der Waals surface area contributed by atoms with E-state index in [1.807, 2.05) is 17.8 Å². The summed E-state index contributed by atoms with van der Waals surface area (Å²) in [5, 5.41) is 0. The molecule has 1 aliphatic heterocycles. The van der Waals surface area contributed by atoms with E-state index in [2.05, 4.69) is 41.0 Å². The van der Waals surface area contributed by atoms with Gasteiger partial charge in [-0.1, -0.05) is 25.1 Å². The number of ether oxygens (including phenoxy) is 1. The first-order valence-electron chi connectivity index (χ1n) is 8.93. The third kappa shape index (κ3) is 6.11. The van der Waals surface area contributed by atoms with Crippen LogP contribution in [-0.4, -0.2) is 67.4 Å². The zero-order valence-electron chi connectivity index (χ0n) is 14.9. The Kier molecular flexibility index (Phi) is 8.64. The van der Waals surface area contributed by atoms with Crippen LogP contribution in [-0.2, 0) is 9.53 Å². The van der Waals surface area contributed by atoms with Crippen LogP contribution in [0, 0.1) is 0 Å². The molecule has 0 aliphatic carbocycles. The molecule has 1 saturated heterocycles. The van der Waals surface area contributed by atoms with Gasteiger partial charge >= 0.3 is 0 Å². The molecule has 0 spiro atoms. The molecule has 1 amide bonds. The fourth-order valence-corrected chi connectivity index (χ4v) is 3.97. The van der Waals surface area contributed by atoms with Gasteiger partial charge in [-0.15, -0.1) is 11.8 Å². The molecule has 1 aliphatic rings. The van der Waals surface area contributed by atoms with E-state index in [1.54, 1.807) is 7.11 Å². The average Bonchev–Trinajstić information content (AvgIpc) is 2.64. The Morgan fingerprint density at radius 1 is 1.29 bits per heavy atom. The van der Waals surface area contributed by atoms with Crippen molar-refractivity contribution in [3.05, 3.63) is 30.3 Å². The van der Waals surface area contributed by atoms with E-state index in [1.165, 1.54) is 4.90 Å². The monoisotopic (exact) mass is 350 g/mol. The van der Waals surface area contributed by atoms with Crippen molar-refractivity contribution >= 4 is 17.7 Å². The van der Waals surface area contributed by atoms with Crippen molar-refractivity contribution in [3.63, 3.8) is 0 Å². The number of benzene rings is 1. The van der Waals surface area contributed by atoms with Gasteiger partial charge in [-0.3, -0.25) is 9.69 Å². The fourth-order valence-electron chi connectivity index (χ4n) is 3.10. The predicted molar refractivity (Wildman–Crippen MR) is 101 cm³/mol. The number of rotatable bonds is 9. The molecule has 0 saturated carbocycles. The van der Waals surface area contributed by atoms with Crippen LogP contribution in [0.4, 0.5) is 0 Å². The Labute approximate surface area is 150 Å². The zero-order chi connectivity index (χ0) is 17.2. The van der Waals surface area contributed by atoms with E-state index in [9.17, 15) is 4.79 Å². The zero-order valence-corrected chi connectivity index (χ0v) is 15.8. The molecule has 1 unspecified atom stereocenters. The largest absolute Gasteiger partial charge is 0.383 e. The summed E-state index contributed by atoms with van der Waals surface area (Å²) in [6, 6.07) is 10.9. The van der Waals surface area contributed by atoms with Crippen molar-refractivity contribution in [2.75, 3.05) is 45.6 Å². The topological polar surface area (TPSA) is 32.8 Å². The highest BCUT2D eigenvalue weighted by atomic mass is 32.2. The van der Waals surface area contributed by atoms with Gasteiger partial charge in [0.2, 0.25) is 5.91 Å². The Balaban J connectivity index is 1.69. The number of hydrogen-bond donors (Lipinski definition) is 0. The maximum atomic E-state index is 12.5. The highest BCUT2D eigenvalue weighted by Crippen LogP contribution is 2.19. The van der Waals surface area contributed by atoms with Crippen molar-refractivity contribution < 1.29 is 9.53 Å². The van der Waals surface area contributed by atoms with Gasteiger partial charge < -0.3 is 9.64 Å². The third-order valence-corrected chi connectivity index (χ3v) is 5.66. The van der Waals surface area contributed by atoms with Crippen LogP contribution in [0.2, 0.25) is 0 Å². The summed E-state index contributed by atoms with van der Waals surface area (Å²) in [5.41, 5.74) is 0. The second-order valence-corrected chi connectivity index (χ2v) is 7.36. The Morgan fingerprint density at radius 3 is 2.79 bits per heavy atom. The molecule has 1 atom stereocenters. The standard InChI is InChI=1S/C19H30N2O2S/c1-3-17-16-21(12-11-20(17)13-14-23-2)19(22)10-7-15-24-18-8-5-4-6-9-18/h4-6,8-9,17H,3,7,10-16H2,1-2H3. The van der Waals surface area contributed by atoms with Crippen molar-refractivity contribution in [3.8, 4) is 0 Å². The minimum atomic E-state index is 0.313. The number of methoxy groups -OCH3 is 1. The van der Waals surface area contributed by atoms with Gasteiger partial charge in [-0.05, 0) is 30.7 Å². The lowest BCUT2D eigenvalue weighted by molar-refractivity contribution is -0.134. The Morgan fingerprint density at radius 2 is 2.08 bits per heavy atom. The van der Waals surface area contributed by atoms with Crippen LogP contribution >= 0.6 is 11.8 Å². The number of hydrogen-bond acceptors (Lipinski definition) is 4. The van der Waals surface area contributed by atoms with Crippen LogP contribution < -0.4 is 0 Å². The first kappa shape index (κ1) is 19.3. The SMILES string of the molecule is CCC1CN(C(=O)CCCSc2ccccc2)CCN1CCOC. The van der Waals surface area contributed by atoms with Crippen molar-refractivity contribution in [1.29, 1.82) is 0 Å². The normalized spacial score (nSPS) is 18.8. The number of carbonyl (C=O) groups excluding carboxylic acids is 1. The summed E-state index contributed by atoms with van der Waals surface area (Å²) in [4.78, 5) is 18.3. The lowest BCUT2D eigenvalue weighted by Gasteiger charge is -2.41. The van der Waals surface area contributed by atoms with Gasteiger partial charge in [-0.25, -0.2) is 0 Å². The maximum Gasteiger partial charge on any atom is 0.222 e. The summed E-state index contributed by atoms with van der Waals surface area (Å²) >= 11 is 1.83. The van der Waals surface area contributed by atoms with E-state index in [0.29, 0.717) is 18.4 Å². The molecule has 1 aromatic rings. The Hall–Kier alpha value is -1.04. The summed E-state index contributed by atoms with van der Waals surface area (Å²) in [5.74, 6) is 1.31. The molecule has 0 aromatic heterocycles. The van der Waals surface area contributed by atoms with Crippen LogP contribution in [0.25, 0.3) is 0 Å². The molecular formula is C19H30N2O2S. The lowest BCUT2D eigenvalue weighted by atomic mass is 10.1. The van der Waals surface area contributed by atoms with Crippen LogP contribution in [0.5, 0.6) is 0 Å². The first-order valence-corrected chi connectivity index (χ1v) is 9.91. The highest BCUT2D eigenvalue weighted by Gasteiger charge is 2.27. The molecule has 0 N–H and O–H groups in total. The van der Waals surface area contributed by atoms with Crippen molar-refractivity contribution in [1.82, 2.24) is 9.80 Å². The number of amides is 1. The first-order chi connectivity index (χ1) is 11.7.